The highest BCUT2D eigenvalue weighted by Gasteiger charge is 2.20. The summed E-state index contributed by atoms with van der Waals surface area (Å²) in [6.45, 7) is 5.53. The average molecular weight is 431 g/mol. The van der Waals surface area contributed by atoms with Crippen LogP contribution in [0.15, 0.2) is 36.4 Å². The standard InChI is InChI=1S/C20H30N2O.C4H4O4/c1-2-22(20(23)16-21-14-6-3-7-15-21)19-12-10-18(11-13-19)17-8-4-5-9-17;5-3(6)1-2-4(7)8/h10-13,17H,2-9,14-16H2,1H3;1-2H,(H,5,6)(H,7,8). The zero-order valence-corrected chi connectivity index (χ0v) is 18.3. The predicted octanol–water partition coefficient (Wildman–Crippen LogP) is 3.89. The van der Waals surface area contributed by atoms with E-state index in [9.17, 15) is 14.4 Å². The number of carbonyl (C=O) groups is 3. The van der Waals surface area contributed by atoms with Crippen LogP contribution in [0.5, 0.6) is 0 Å². The molecule has 0 bridgehead atoms. The van der Waals surface area contributed by atoms with Gasteiger partial charge in [-0.2, -0.15) is 0 Å². The Morgan fingerprint density at radius 3 is 1.97 bits per heavy atom. The number of aliphatic carboxylic acids is 2. The molecule has 1 saturated heterocycles. The summed E-state index contributed by atoms with van der Waals surface area (Å²) in [5, 5.41) is 15.6. The first kappa shape index (κ1) is 24.6. The van der Waals surface area contributed by atoms with Crippen LogP contribution in [0.25, 0.3) is 0 Å². The van der Waals surface area contributed by atoms with Gasteiger partial charge in [0, 0.05) is 24.4 Å². The lowest BCUT2D eigenvalue weighted by Crippen LogP contribution is -2.42. The second-order valence-electron chi connectivity index (χ2n) is 8.06. The molecular formula is C24H34N2O5. The lowest BCUT2D eigenvalue weighted by molar-refractivity contribution is -0.134. The molecule has 2 fully saturated rings. The molecular weight excluding hydrogens is 396 g/mol. The van der Waals surface area contributed by atoms with E-state index >= 15 is 0 Å². The summed E-state index contributed by atoms with van der Waals surface area (Å²) >= 11 is 0. The molecule has 7 nitrogen and oxygen atoms in total. The molecule has 0 unspecified atom stereocenters. The van der Waals surface area contributed by atoms with Crippen molar-refractivity contribution in [2.24, 2.45) is 0 Å². The van der Waals surface area contributed by atoms with E-state index in [0.717, 1.165) is 31.2 Å². The maximum absolute atomic E-state index is 12.7. The van der Waals surface area contributed by atoms with Crippen LogP contribution < -0.4 is 4.90 Å². The van der Waals surface area contributed by atoms with Crippen LogP contribution in [0.1, 0.15) is 63.4 Å². The maximum Gasteiger partial charge on any atom is 0.328 e. The molecule has 170 valence electrons. The van der Waals surface area contributed by atoms with Gasteiger partial charge in [0.25, 0.3) is 0 Å². The van der Waals surface area contributed by atoms with Crippen molar-refractivity contribution >= 4 is 23.5 Å². The van der Waals surface area contributed by atoms with E-state index in [4.69, 9.17) is 10.2 Å². The Balaban J connectivity index is 0.000000366. The first-order valence-electron chi connectivity index (χ1n) is 11.2. The smallest absolute Gasteiger partial charge is 0.328 e. The number of hydrogen-bond acceptors (Lipinski definition) is 4. The highest BCUT2D eigenvalue weighted by atomic mass is 16.4. The molecule has 1 heterocycles. The Morgan fingerprint density at radius 2 is 1.48 bits per heavy atom. The van der Waals surface area contributed by atoms with Gasteiger partial charge in [0.1, 0.15) is 0 Å². The minimum atomic E-state index is -1.26. The zero-order valence-electron chi connectivity index (χ0n) is 18.3. The fourth-order valence-electron chi connectivity index (χ4n) is 4.23. The number of piperidine rings is 1. The molecule has 1 saturated carbocycles. The van der Waals surface area contributed by atoms with Crippen molar-refractivity contribution in [2.45, 2.75) is 57.8 Å². The number of nitrogens with zero attached hydrogens (tertiary/aromatic N) is 2. The monoisotopic (exact) mass is 430 g/mol. The van der Waals surface area contributed by atoms with E-state index < -0.39 is 11.9 Å². The number of carboxylic acid groups (broad SMARTS) is 2. The van der Waals surface area contributed by atoms with Crippen molar-refractivity contribution in [2.75, 3.05) is 31.1 Å². The van der Waals surface area contributed by atoms with Gasteiger partial charge in [-0.05, 0) is 69.3 Å². The fourth-order valence-corrected chi connectivity index (χ4v) is 4.23. The molecule has 1 aromatic carbocycles. The van der Waals surface area contributed by atoms with Crippen molar-refractivity contribution in [1.29, 1.82) is 0 Å². The normalized spacial score (nSPS) is 17.2. The van der Waals surface area contributed by atoms with Crippen molar-refractivity contribution in [3.8, 4) is 0 Å². The van der Waals surface area contributed by atoms with Gasteiger partial charge in [-0.15, -0.1) is 0 Å². The number of carbonyl (C=O) groups excluding carboxylic acids is 1. The molecule has 31 heavy (non-hydrogen) atoms. The lowest BCUT2D eigenvalue weighted by Gasteiger charge is -2.29. The van der Waals surface area contributed by atoms with Gasteiger partial charge >= 0.3 is 11.9 Å². The quantitative estimate of drug-likeness (QED) is 0.637. The third kappa shape index (κ3) is 8.53. The Kier molecular flexibility index (Phi) is 10.2. The molecule has 1 amide bonds. The summed E-state index contributed by atoms with van der Waals surface area (Å²) in [6.07, 6.45) is 10.3. The maximum atomic E-state index is 12.7. The summed E-state index contributed by atoms with van der Waals surface area (Å²) in [7, 11) is 0. The topological polar surface area (TPSA) is 98.2 Å². The Labute approximate surface area is 184 Å². The highest BCUT2D eigenvalue weighted by molar-refractivity contribution is 5.94. The van der Waals surface area contributed by atoms with E-state index in [1.165, 1.54) is 50.5 Å². The zero-order chi connectivity index (χ0) is 22.6. The fraction of sp³-hybridized carbons (Fsp3) is 0.542. The van der Waals surface area contributed by atoms with Gasteiger partial charge in [0.2, 0.25) is 5.91 Å². The Hall–Kier alpha value is -2.67. The van der Waals surface area contributed by atoms with Gasteiger partial charge in [-0.3, -0.25) is 9.69 Å². The summed E-state index contributed by atoms with van der Waals surface area (Å²) < 4.78 is 0. The number of likely N-dealkylation sites (N-methyl/N-ethyl adjacent to an activating group) is 1. The number of carboxylic acids is 2. The molecule has 1 aliphatic heterocycles. The van der Waals surface area contributed by atoms with Crippen molar-refractivity contribution in [3.05, 3.63) is 42.0 Å². The van der Waals surface area contributed by atoms with Crippen LogP contribution in [-0.2, 0) is 14.4 Å². The molecule has 0 spiro atoms. The van der Waals surface area contributed by atoms with Crippen molar-refractivity contribution in [3.63, 3.8) is 0 Å². The van der Waals surface area contributed by atoms with Crippen LogP contribution in [-0.4, -0.2) is 59.1 Å². The van der Waals surface area contributed by atoms with Crippen molar-refractivity contribution in [1.82, 2.24) is 4.90 Å². The Morgan fingerprint density at radius 1 is 0.935 bits per heavy atom. The summed E-state index contributed by atoms with van der Waals surface area (Å²) in [6, 6.07) is 8.76. The number of rotatable bonds is 7. The van der Waals surface area contributed by atoms with Crippen LogP contribution in [0.2, 0.25) is 0 Å². The van der Waals surface area contributed by atoms with E-state index in [2.05, 4.69) is 36.1 Å². The lowest BCUT2D eigenvalue weighted by atomic mass is 9.97. The minimum absolute atomic E-state index is 0.239. The van der Waals surface area contributed by atoms with Crippen LogP contribution in [0.4, 0.5) is 5.69 Å². The van der Waals surface area contributed by atoms with Gasteiger partial charge in [0.15, 0.2) is 0 Å². The van der Waals surface area contributed by atoms with E-state index in [0.29, 0.717) is 18.7 Å². The molecule has 2 aliphatic rings. The van der Waals surface area contributed by atoms with Crippen LogP contribution in [0, 0.1) is 0 Å². The van der Waals surface area contributed by atoms with Gasteiger partial charge in [-0.1, -0.05) is 31.4 Å². The first-order valence-corrected chi connectivity index (χ1v) is 11.2. The molecule has 7 heteroatoms. The van der Waals surface area contributed by atoms with E-state index in [-0.39, 0.29) is 5.91 Å². The third-order valence-electron chi connectivity index (χ3n) is 5.82. The third-order valence-corrected chi connectivity index (χ3v) is 5.82. The summed E-state index contributed by atoms with van der Waals surface area (Å²) in [5.74, 6) is -1.54. The van der Waals surface area contributed by atoms with Crippen LogP contribution >= 0.6 is 0 Å². The number of likely N-dealkylation sites (tertiary alicyclic amines) is 1. The molecule has 3 rings (SSSR count). The SMILES string of the molecule is CCN(C(=O)CN1CCCCC1)c1ccc(C2CCCC2)cc1.O=C(O)C=CC(=O)O. The summed E-state index contributed by atoms with van der Waals surface area (Å²) in [5.41, 5.74) is 2.50. The molecule has 1 aliphatic carbocycles. The highest BCUT2D eigenvalue weighted by Crippen LogP contribution is 2.34. The van der Waals surface area contributed by atoms with Crippen molar-refractivity contribution < 1.29 is 24.6 Å². The second-order valence-corrected chi connectivity index (χ2v) is 8.06. The molecule has 0 radical (unpaired) electrons. The number of benzene rings is 1. The van der Waals surface area contributed by atoms with E-state index in [1.54, 1.807) is 0 Å². The number of amides is 1. The molecule has 1 aromatic rings. The number of hydrogen-bond donors (Lipinski definition) is 2. The predicted molar refractivity (Wildman–Crippen MR) is 120 cm³/mol. The number of anilines is 1. The largest absolute Gasteiger partial charge is 0.478 e. The van der Waals surface area contributed by atoms with Gasteiger partial charge in [-0.25, -0.2) is 9.59 Å². The molecule has 0 atom stereocenters. The van der Waals surface area contributed by atoms with Gasteiger partial charge < -0.3 is 15.1 Å². The van der Waals surface area contributed by atoms with Crippen LogP contribution in [0.3, 0.4) is 0 Å². The molecule has 2 N–H and O–H groups in total. The van der Waals surface area contributed by atoms with Gasteiger partial charge in [0.05, 0.1) is 6.54 Å². The Bertz CT molecular complexity index is 732. The second kappa shape index (κ2) is 12.9. The first-order chi connectivity index (χ1) is 14.9. The van der Waals surface area contributed by atoms with E-state index in [1.807, 2.05) is 4.90 Å². The minimum Gasteiger partial charge on any atom is -0.478 e. The summed E-state index contributed by atoms with van der Waals surface area (Å²) in [4.78, 5) is 36.0. The average Bonchev–Trinajstić information content (AvgIpc) is 3.29. The molecule has 0 aromatic heterocycles.